The van der Waals surface area contributed by atoms with Crippen molar-refractivity contribution < 1.29 is 9.47 Å². The molecule has 0 unspecified atom stereocenters. The zero-order valence-electron chi connectivity index (χ0n) is 14.6. The van der Waals surface area contributed by atoms with Gasteiger partial charge in [0.1, 0.15) is 0 Å². The standard InChI is InChI=1S/C16H33N3O2S/c1-14(2)12-21-9-5-8-18-15(17-3)19-13-16(22-4)6-10-20-11-7-16/h14H,5-13H2,1-4H3,(H2,17,18,19). The van der Waals surface area contributed by atoms with Crippen LogP contribution in [0.3, 0.4) is 0 Å². The minimum atomic E-state index is 0.274. The van der Waals surface area contributed by atoms with Crippen molar-refractivity contribution in [2.24, 2.45) is 10.9 Å². The topological polar surface area (TPSA) is 54.9 Å². The SMILES string of the molecule is CN=C(NCCCOCC(C)C)NCC1(SC)CCOCC1. The van der Waals surface area contributed by atoms with Gasteiger partial charge in [0.2, 0.25) is 0 Å². The Hall–Kier alpha value is -0.460. The molecule has 1 saturated heterocycles. The van der Waals surface area contributed by atoms with E-state index in [0.717, 1.165) is 64.7 Å². The third-order valence-corrected chi connectivity index (χ3v) is 5.27. The van der Waals surface area contributed by atoms with Gasteiger partial charge in [-0.3, -0.25) is 4.99 Å². The van der Waals surface area contributed by atoms with Crippen LogP contribution in [0.25, 0.3) is 0 Å². The van der Waals surface area contributed by atoms with Gasteiger partial charge in [-0.15, -0.1) is 0 Å². The van der Waals surface area contributed by atoms with Gasteiger partial charge < -0.3 is 20.1 Å². The Morgan fingerprint density at radius 3 is 2.64 bits per heavy atom. The van der Waals surface area contributed by atoms with Gasteiger partial charge in [-0.05, 0) is 31.4 Å². The number of hydrogen-bond donors (Lipinski definition) is 2. The Kier molecular flexibility index (Phi) is 9.91. The maximum absolute atomic E-state index is 5.58. The minimum Gasteiger partial charge on any atom is -0.381 e. The van der Waals surface area contributed by atoms with Crippen LogP contribution in [0.1, 0.15) is 33.1 Å². The van der Waals surface area contributed by atoms with Crippen molar-refractivity contribution in [2.45, 2.75) is 37.9 Å². The number of hydrogen-bond acceptors (Lipinski definition) is 4. The van der Waals surface area contributed by atoms with E-state index in [1.165, 1.54) is 0 Å². The van der Waals surface area contributed by atoms with Crippen LogP contribution in [0.15, 0.2) is 4.99 Å². The first-order chi connectivity index (χ1) is 10.6. The van der Waals surface area contributed by atoms with Gasteiger partial charge in [-0.1, -0.05) is 13.8 Å². The lowest BCUT2D eigenvalue weighted by Gasteiger charge is -2.36. The number of thioether (sulfide) groups is 1. The molecule has 1 aliphatic heterocycles. The normalized spacial score (nSPS) is 18.5. The molecule has 130 valence electrons. The lowest BCUT2D eigenvalue weighted by molar-refractivity contribution is 0.0782. The molecule has 0 spiro atoms. The van der Waals surface area contributed by atoms with E-state index in [1.54, 1.807) is 0 Å². The van der Waals surface area contributed by atoms with E-state index in [2.05, 4.69) is 35.7 Å². The van der Waals surface area contributed by atoms with Crippen molar-refractivity contribution in [3.63, 3.8) is 0 Å². The highest BCUT2D eigenvalue weighted by Gasteiger charge is 2.31. The summed E-state index contributed by atoms with van der Waals surface area (Å²) in [5, 5.41) is 6.82. The molecule has 0 saturated carbocycles. The van der Waals surface area contributed by atoms with Crippen LogP contribution in [0.5, 0.6) is 0 Å². The molecule has 0 aliphatic carbocycles. The molecular weight excluding hydrogens is 298 g/mol. The smallest absolute Gasteiger partial charge is 0.191 e. The van der Waals surface area contributed by atoms with E-state index in [4.69, 9.17) is 9.47 Å². The van der Waals surface area contributed by atoms with E-state index < -0.39 is 0 Å². The molecule has 22 heavy (non-hydrogen) atoms. The predicted molar refractivity (Wildman–Crippen MR) is 95.9 cm³/mol. The van der Waals surface area contributed by atoms with E-state index >= 15 is 0 Å². The van der Waals surface area contributed by atoms with Crippen LogP contribution in [0.2, 0.25) is 0 Å². The summed E-state index contributed by atoms with van der Waals surface area (Å²) in [4.78, 5) is 4.30. The van der Waals surface area contributed by atoms with Gasteiger partial charge in [0, 0.05) is 51.3 Å². The van der Waals surface area contributed by atoms with Crippen LogP contribution in [-0.4, -0.2) is 63.5 Å². The molecule has 1 heterocycles. The molecular formula is C16H33N3O2S. The minimum absolute atomic E-state index is 0.274. The zero-order chi connectivity index (χ0) is 16.3. The molecule has 1 rings (SSSR count). The summed E-state index contributed by atoms with van der Waals surface area (Å²) in [5.41, 5.74) is 0. The summed E-state index contributed by atoms with van der Waals surface area (Å²) in [6, 6.07) is 0. The maximum atomic E-state index is 5.58. The number of rotatable bonds is 9. The Bertz CT molecular complexity index is 319. The molecule has 0 atom stereocenters. The highest BCUT2D eigenvalue weighted by molar-refractivity contribution is 8.00. The van der Waals surface area contributed by atoms with E-state index in [1.807, 2.05) is 18.8 Å². The fourth-order valence-electron chi connectivity index (χ4n) is 2.36. The van der Waals surface area contributed by atoms with Crippen LogP contribution < -0.4 is 10.6 Å². The van der Waals surface area contributed by atoms with Gasteiger partial charge in [-0.25, -0.2) is 0 Å². The summed E-state index contributed by atoms with van der Waals surface area (Å²) in [5.74, 6) is 1.48. The quantitative estimate of drug-likeness (QED) is 0.385. The van der Waals surface area contributed by atoms with Crippen LogP contribution in [0.4, 0.5) is 0 Å². The molecule has 0 bridgehead atoms. The second kappa shape index (κ2) is 11.1. The highest BCUT2D eigenvalue weighted by Crippen LogP contribution is 2.32. The fourth-order valence-corrected chi connectivity index (χ4v) is 3.15. The second-order valence-corrected chi connectivity index (χ2v) is 7.45. The Morgan fingerprint density at radius 1 is 1.32 bits per heavy atom. The lowest BCUT2D eigenvalue weighted by atomic mass is 9.99. The maximum Gasteiger partial charge on any atom is 0.191 e. The summed E-state index contributed by atoms with van der Waals surface area (Å²) < 4.78 is 11.3. The molecule has 1 aliphatic rings. The number of aliphatic imine (C=N–C) groups is 1. The Morgan fingerprint density at radius 2 is 2.05 bits per heavy atom. The molecule has 6 heteroatoms. The van der Waals surface area contributed by atoms with E-state index in [-0.39, 0.29) is 4.75 Å². The monoisotopic (exact) mass is 331 g/mol. The third kappa shape index (κ3) is 7.70. The first-order valence-corrected chi connectivity index (χ1v) is 9.49. The number of nitrogens with zero attached hydrogens (tertiary/aromatic N) is 1. The van der Waals surface area contributed by atoms with Crippen molar-refractivity contribution >= 4 is 17.7 Å². The Balaban J connectivity index is 2.19. The average molecular weight is 332 g/mol. The molecule has 0 aromatic rings. The molecule has 0 aromatic heterocycles. The molecule has 0 radical (unpaired) electrons. The summed E-state index contributed by atoms with van der Waals surface area (Å²) in [7, 11) is 1.82. The predicted octanol–water partition coefficient (Wildman–Crippen LogP) is 2.13. The second-order valence-electron chi connectivity index (χ2n) is 6.17. The summed E-state index contributed by atoms with van der Waals surface area (Å²) in [6.07, 6.45) is 5.38. The lowest BCUT2D eigenvalue weighted by Crippen LogP contribution is -2.48. The van der Waals surface area contributed by atoms with Crippen LogP contribution >= 0.6 is 11.8 Å². The first kappa shape index (κ1) is 19.6. The van der Waals surface area contributed by atoms with Crippen molar-refractivity contribution in [1.82, 2.24) is 10.6 Å². The summed E-state index contributed by atoms with van der Waals surface area (Å²) in [6.45, 7) is 9.51. The van der Waals surface area contributed by atoms with Crippen LogP contribution in [-0.2, 0) is 9.47 Å². The van der Waals surface area contributed by atoms with E-state index in [0.29, 0.717) is 5.92 Å². The number of ether oxygens (including phenoxy) is 2. The van der Waals surface area contributed by atoms with Crippen LogP contribution in [0, 0.1) is 5.92 Å². The Labute approximate surface area is 140 Å². The molecule has 2 N–H and O–H groups in total. The average Bonchev–Trinajstić information content (AvgIpc) is 2.54. The van der Waals surface area contributed by atoms with Gasteiger partial charge in [0.05, 0.1) is 0 Å². The molecule has 0 aromatic carbocycles. The first-order valence-electron chi connectivity index (χ1n) is 8.27. The van der Waals surface area contributed by atoms with Gasteiger partial charge in [0.15, 0.2) is 5.96 Å². The number of guanidine groups is 1. The van der Waals surface area contributed by atoms with Crippen molar-refractivity contribution in [1.29, 1.82) is 0 Å². The van der Waals surface area contributed by atoms with Crippen molar-refractivity contribution in [2.75, 3.05) is 52.8 Å². The van der Waals surface area contributed by atoms with Gasteiger partial charge >= 0.3 is 0 Å². The third-order valence-electron chi connectivity index (χ3n) is 3.85. The van der Waals surface area contributed by atoms with Gasteiger partial charge in [-0.2, -0.15) is 11.8 Å². The fraction of sp³-hybridized carbons (Fsp3) is 0.938. The van der Waals surface area contributed by atoms with Crippen molar-refractivity contribution in [3.8, 4) is 0 Å². The van der Waals surface area contributed by atoms with Crippen molar-refractivity contribution in [3.05, 3.63) is 0 Å². The summed E-state index contributed by atoms with van der Waals surface area (Å²) >= 11 is 1.94. The zero-order valence-corrected chi connectivity index (χ0v) is 15.4. The van der Waals surface area contributed by atoms with Gasteiger partial charge in [0.25, 0.3) is 0 Å². The number of nitrogens with one attached hydrogen (secondary N) is 2. The van der Waals surface area contributed by atoms with E-state index in [9.17, 15) is 0 Å². The molecule has 0 amide bonds. The highest BCUT2D eigenvalue weighted by atomic mass is 32.2. The largest absolute Gasteiger partial charge is 0.381 e. The molecule has 5 nitrogen and oxygen atoms in total. The molecule has 1 fully saturated rings.